The second kappa shape index (κ2) is 5.01. The Morgan fingerprint density at radius 3 is 3.00 bits per heavy atom. The third-order valence-corrected chi connectivity index (χ3v) is 2.72. The van der Waals surface area contributed by atoms with Gasteiger partial charge in [-0.2, -0.15) is 0 Å². The van der Waals surface area contributed by atoms with Gasteiger partial charge in [-0.05, 0) is 19.1 Å². The molecule has 0 spiro atoms. The molecular weight excluding hydrogens is 214 g/mol. The predicted octanol–water partition coefficient (Wildman–Crippen LogP) is 2.17. The van der Waals surface area contributed by atoms with Crippen LogP contribution in [0, 0.1) is 0 Å². The number of nitrogen functional groups attached to an aromatic ring is 1. The van der Waals surface area contributed by atoms with E-state index in [-0.39, 0.29) is 6.10 Å². The molecule has 1 unspecified atom stereocenters. The van der Waals surface area contributed by atoms with E-state index in [4.69, 9.17) is 10.5 Å². The Balaban J connectivity index is 2.30. The molecule has 90 valence electrons. The lowest BCUT2D eigenvalue weighted by Crippen LogP contribution is -2.14. The molecule has 0 radical (unpaired) electrons. The van der Waals surface area contributed by atoms with Crippen molar-refractivity contribution in [2.75, 3.05) is 12.8 Å². The summed E-state index contributed by atoms with van der Waals surface area (Å²) in [7, 11) is 1.71. The molecule has 0 amide bonds. The second-order valence-corrected chi connectivity index (χ2v) is 4.07. The number of nitrogens with two attached hydrogens (primary N) is 1. The van der Waals surface area contributed by atoms with E-state index in [9.17, 15) is 0 Å². The molecular formula is C13H17N3O. The Morgan fingerprint density at radius 2 is 2.29 bits per heavy atom. The molecule has 0 aliphatic rings. The van der Waals surface area contributed by atoms with Gasteiger partial charge >= 0.3 is 0 Å². The standard InChI is InChI=1S/C13H17N3O/c1-10(17-2)9-16-7-6-15-13(16)11-4-3-5-12(14)8-11/h3-8,10H,9,14H2,1-2H3. The smallest absolute Gasteiger partial charge is 0.140 e. The maximum atomic E-state index is 5.78. The van der Waals surface area contributed by atoms with Gasteiger partial charge in [0.15, 0.2) is 0 Å². The molecule has 1 atom stereocenters. The van der Waals surface area contributed by atoms with Crippen molar-refractivity contribution in [3.05, 3.63) is 36.7 Å². The monoisotopic (exact) mass is 231 g/mol. The largest absolute Gasteiger partial charge is 0.399 e. The van der Waals surface area contributed by atoms with Crippen LogP contribution >= 0.6 is 0 Å². The Labute approximate surface area is 101 Å². The van der Waals surface area contributed by atoms with Crippen molar-refractivity contribution in [1.82, 2.24) is 9.55 Å². The molecule has 0 saturated heterocycles. The van der Waals surface area contributed by atoms with Gasteiger partial charge in [0.05, 0.1) is 12.6 Å². The van der Waals surface area contributed by atoms with Gasteiger partial charge in [0.1, 0.15) is 5.82 Å². The van der Waals surface area contributed by atoms with Crippen molar-refractivity contribution in [1.29, 1.82) is 0 Å². The fourth-order valence-corrected chi connectivity index (χ4v) is 1.75. The molecule has 4 heteroatoms. The lowest BCUT2D eigenvalue weighted by molar-refractivity contribution is 0.103. The van der Waals surface area contributed by atoms with E-state index in [0.717, 1.165) is 23.6 Å². The van der Waals surface area contributed by atoms with Crippen molar-refractivity contribution in [2.45, 2.75) is 19.6 Å². The molecule has 1 aromatic heterocycles. The maximum Gasteiger partial charge on any atom is 0.140 e. The molecule has 0 fully saturated rings. The summed E-state index contributed by atoms with van der Waals surface area (Å²) in [6.07, 6.45) is 3.90. The molecule has 17 heavy (non-hydrogen) atoms. The van der Waals surface area contributed by atoms with Crippen molar-refractivity contribution < 1.29 is 4.74 Å². The van der Waals surface area contributed by atoms with Crippen LogP contribution in [0.5, 0.6) is 0 Å². The van der Waals surface area contributed by atoms with E-state index < -0.39 is 0 Å². The topological polar surface area (TPSA) is 53.1 Å². The van der Waals surface area contributed by atoms with Gasteiger partial charge in [-0.3, -0.25) is 0 Å². The van der Waals surface area contributed by atoms with Gasteiger partial charge in [-0.1, -0.05) is 12.1 Å². The van der Waals surface area contributed by atoms with E-state index in [1.54, 1.807) is 13.3 Å². The van der Waals surface area contributed by atoms with Crippen LogP contribution in [-0.4, -0.2) is 22.8 Å². The van der Waals surface area contributed by atoms with Gasteiger partial charge in [-0.25, -0.2) is 4.98 Å². The van der Waals surface area contributed by atoms with Crippen LogP contribution in [0.3, 0.4) is 0 Å². The highest BCUT2D eigenvalue weighted by Gasteiger charge is 2.08. The van der Waals surface area contributed by atoms with Gasteiger partial charge in [0.2, 0.25) is 0 Å². The summed E-state index contributed by atoms with van der Waals surface area (Å²) < 4.78 is 7.34. The molecule has 4 nitrogen and oxygen atoms in total. The number of imidazole rings is 1. The quantitative estimate of drug-likeness (QED) is 0.820. The molecule has 1 heterocycles. The SMILES string of the molecule is COC(C)Cn1ccnc1-c1cccc(N)c1. The fraction of sp³-hybridized carbons (Fsp3) is 0.308. The van der Waals surface area contributed by atoms with E-state index in [2.05, 4.69) is 9.55 Å². The number of rotatable bonds is 4. The van der Waals surface area contributed by atoms with Crippen LogP contribution in [0.2, 0.25) is 0 Å². The minimum Gasteiger partial charge on any atom is -0.399 e. The van der Waals surface area contributed by atoms with E-state index >= 15 is 0 Å². The van der Waals surface area contributed by atoms with Gasteiger partial charge in [0.25, 0.3) is 0 Å². The van der Waals surface area contributed by atoms with Crippen molar-refractivity contribution in [3.63, 3.8) is 0 Å². The first-order chi connectivity index (χ1) is 8.20. The Hall–Kier alpha value is -1.81. The highest BCUT2D eigenvalue weighted by Crippen LogP contribution is 2.20. The zero-order valence-electron chi connectivity index (χ0n) is 10.1. The first-order valence-corrected chi connectivity index (χ1v) is 5.60. The predicted molar refractivity (Wildman–Crippen MR) is 68.5 cm³/mol. The number of ether oxygens (including phenoxy) is 1. The molecule has 1 aromatic carbocycles. The number of hydrogen-bond acceptors (Lipinski definition) is 3. The number of aromatic nitrogens is 2. The molecule has 0 bridgehead atoms. The van der Waals surface area contributed by atoms with Crippen LogP contribution in [0.4, 0.5) is 5.69 Å². The molecule has 2 rings (SSSR count). The highest BCUT2D eigenvalue weighted by atomic mass is 16.5. The minimum absolute atomic E-state index is 0.156. The lowest BCUT2D eigenvalue weighted by Gasteiger charge is -2.13. The summed E-state index contributed by atoms with van der Waals surface area (Å²) in [5.74, 6) is 0.918. The van der Waals surface area contributed by atoms with Crippen LogP contribution < -0.4 is 5.73 Å². The number of hydrogen-bond donors (Lipinski definition) is 1. The first-order valence-electron chi connectivity index (χ1n) is 5.60. The number of methoxy groups -OCH3 is 1. The summed E-state index contributed by atoms with van der Waals surface area (Å²) >= 11 is 0. The van der Waals surface area contributed by atoms with Crippen LogP contribution in [0.25, 0.3) is 11.4 Å². The first kappa shape index (κ1) is 11.7. The van der Waals surface area contributed by atoms with Crippen LogP contribution in [-0.2, 0) is 11.3 Å². The zero-order chi connectivity index (χ0) is 12.3. The molecule has 0 saturated carbocycles. The van der Waals surface area contributed by atoms with E-state index in [1.807, 2.05) is 37.4 Å². The average Bonchev–Trinajstić information content (AvgIpc) is 2.77. The van der Waals surface area contributed by atoms with E-state index in [0.29, 0.717) is 0 Å². The summed E-state index contributed by atoms with van der Waals surface area (Å²) in [5.41, 5.74) is 7.55. The van der Waals surface area contributed by atoms with Crippen LogP contribution in [0.15, 0.2) is 36.7 Å². The zero-order valence-corrected chi connectivity index (χ0v) is 10.1. The van der Waals surface area contributed by atoms with Crippen molar-refractivity contribution in [2.24, 2.45) is 0 Å². The Morgan fingerprint density at radius 1 is 1.47 bits per heavy atom. The summed E-state index contributed by atoms with van der Waals surface area (Å²) in [6.45, 7) is 2.81. The number of anilines is 1. The second-order valence-electron chi connectivity index (χ2n) is 4.07. The maximum absolute atomic E-state index is 5.78. The number of nitrogens with zero attached hydrogens (tertiary/aromatic N) is 2. The fourth-order valence-electron chi connectivity index (χ4n) is 1.75. The highest BCUT2D eigenvalue weighted by molar-refractivity contribution is 5.61. The minimum atomic E-state index is 0.156. The average molecular weight is 231 g/mol. The number of benzene rings is 1. The van der Waals surface area contributed by atoms with Gasteiger partial charge in [0, 0.05) is 30.8 Å². The third-order valence-electron chi connectivity index (χ3n) is 2.72. The van der Waals surface area contributed by atoms with Gasteiger partial charge in [-0.15, -0.1) is 0 Å². The summed E-state index contributed by atoms with van der Waals surface area (Å²) in [4.78, 5) is 4.37. The molecule has 2 N–H and O–H groups in total. The summed E-state index contributed by atoms with van der Waals surface area (Å²) in [6, 6.07) is 7.74. The normalized spacial score (nSPS) is 12.6. The lowest BCUT2D eigenvalue weighted by atomic mass is 10.2. The van der Waals surface area contributed by atoms with Crippen LogP contribution in [0.1, 0.15) is 6.92 Å². The molecule has 2 aromatic rings. The Kier molecular flexibility index (Phi) is 3.44. The van der Waals surface area contributed by atoms with Crippen molar-refractivity contribution in [3.8, 4) is 11.4 Å². The van der Waals surface area contributed by atoms with E-state index in [1.165, 1.54) is 0 Å². The van der Waals surface area contributed by atoms with Crippen molar-refractivity contribution >= 4 is 5.69 Å². The summed E-state index contributed by atoms with van der Waals surface area (Å²) in [5, 5.41) is 0. The molecule has 0 aliphatic carbocycles. The van der Waals surface area contributed by atoms with Gasteiger partial charge < -0.3 is 15.0 Å². The third kappa shape index (κ3) is 2.65. The Bertz CT molecular complexity index is 493. The molecule has 0 aliphatic heterocycles.